The van der Waals surface area contributed by atoms with Crippen molar-refractivity contribution in [3.8, 4) is 0 Å². The predicted octanol–water partition coefficient (Wildman–Crippen LogP) is 1.18. The molecule has 0 aromatic carbocycles. The van der Waals surface area contributed by atoms with Crippen LogP contribution in [-0.2, 0) is 11.2 Å². The molecule has 2 aromatic rings. The van der Waals surface area contributed by atoms with Crippen molar-refractivity contribution in [3.63, 3.8) is 0 Å². The first-order valence-corrected chi connectivity index (χ1v) is 9.32. The number of aromatic nitrogens is 2. The van der Waals surface area contributed by atoms with Crippen molar-refractivity contribution in [2.24, 2.45) is 5.73 Å². The van der Waals surface area contributed by atoms with Gasteiger partial charge in [0.15, 0.2) is 5.82 Å². The Morgan fingerprint density at radius 3 is 2.61 bits per heavy atom. The quantitative estimate of drug-likeness (QED) is 0.677. The molecule has 0 bridgehead atoms. The number of nitrogens with zero attached hydrogens (tertiary/aromatic N) is 4. The van der Waals surface area contributed by atoms with Gasteiger partial charge in [0.25, 0.3) is 5.91 Å². The highest BCUT2D eigenvalue weighted by Gasteiger charge is 2.25. The van der Waals surface area contributed by atoms with Gasteiger partial charge in [-0.05, 0) is 13.5 Å². The summed E-state index contributed by atoms with van der Waals surface area (Å²) in [5.41, 5.74) is 6.00. The van der Waals surface area contributed by atoms with Gasteiger partial charge in [-0.15, -0.1) is 36.2 Å². The minimum Gasteiger partial charge on any atom is -0.360 e. The molecule has 1 aliphatic rings. The predicted molar refractivity (Wildman–Crippen MR) is 112 cm³/mol. The lowest BCUT2D eigenvalue weighted by atomic mass is 10.3. The number of hydrogen-bond donors (Lipinski definition) is 2. The van der Waals surface area contributed by atoms with Crippen LogP contribution in [0.5, 0.6) is 0 Å². The van der Waals surface area contributed by atoms with Gasteiger partial charge >= 0.3 is 0 Å². The highest BCUT2D eigenvalue weighted by molar-refractivity contribution is 7.09. The third-order valence-corrected chi connectivity index (χ3v) is 4.96. The summed E-state index contributed by atoms with van der Waals surface area (Å²) in [6, 6.07) is 1.67. The van der Waals surface area contributed by atoms with E-state index in [-0.39, 0.29) is 43.2 Å². The summed E-state index contributed by atoms with van der Waals surface area (Å²) < 4.78 is 4.92. The number of rotatable bonds is 6. The number of halogens is 2. The minimum atomic E-state index is -0.149. The van der Waals surface area contributed by atoms with E-state index in [9.17, 15) is 9.59 Å². The van der Waals surface area contributed by atoms with Crippen molar-refractivity contribution in [3.05, 3.63) is 27.9 Å². The second-order valence-electron chi connectivity index (χ2n) is 6.10. The molecule has 0 unspecified atom stereocenters. The van der Waals surface area contributed by atoms with Gasteiger partial charge in [0.1, 0.15) is 11.5 Å². The van der Waals surface area contributed by atoms with E-state index < -0.39 is 0 Å². The van der Waals surface area contributed by atoms with Crippen LogP contribution < -0.4 is 11.1 Å². The molecule has 28 heavy (non-hydrogen) atoms. The van der Waals surface area contributed by atoms with Crippen molar-refractivity contribution in [2.75, 3.05) is 44.6 Å². The molecule has 1 fully saturated rings. The van der Waals surface area contributed by atoms with E-state index in [1.165, 1.54) is 11.3 Å². The highest BCUT2D eigenvalue weighted by atomic mass is 35.5. The summed E-state index contributed by atoms with van der Waals surface area (Å²) >= 11 is 1.46. The van der Waals surface area contributed by atoms with Crippen molar-refractivity contribution in [1.82, 2.24) is 19.9 Å². The molecule has 12 heteroatoms. The Kier molecular flexibility index (Phi) is 9.83. The molecule has 2 aromatic heterocycles. The molecule has 1 saturated heterocycles. The maximum absolute atomic E-state index is 12.5. The summed E-state index contributed by atoms with van der Waals surface area (Å²) in [5, 5.41) is 9.11. The largest absolute Gasteiger partial charge is 0.360 e. The number of nitrogens with one attached hydrogen (secondary N) is 1. The Morgan fingerprint density at radius 1 is 1.29 bits per heavy atom. The van der Waals surface area contributed by atoms with Crippen LogP contribution in [0.1, 0.15) is 21.3 Å². The fourth-order valence-corrected chi connectivity index (χ4v) is 3.52. The lowest BCUT2D eigenvalue weighted by Crippen LogP contribution is -2.50. The fraction of sp³-hybridized carbons (Fsp3) is 0.500. The first-order chi connectivity index (χ1) is 12.5. The molecule has 156 valence electrons. The van der Waals surface area contributed by atoms with Crippen LogP contribution in [0.3, 0.4) is 0 Å². The number of piperazine rings is 1. The maximum atomic E-state index is 12.5. The molecular weight excluding hydrogens is 427 g/mol. The first kappa shape index (κ1) is 24.3. The van der Waals surface area contributed by atoms with Gasteiger partial charge < -0.3 is 20.5 Å². The number of nitrogens with two attached hydrogens (primary N) is 1. The molecule has 0 saturated carbocycles. The zero-order valence-electron chi connectivity index (χ0n) is 15.4. The van der Waals surface area contributed by atoms with Crippen LogP contribution in [0.15, 0.2) is 16.0 Å². The van der Waals surface area contributed by atoms with E-state index in [1.54, 1.807) is 23.3 Å². The molecule has 0 atom stereocenters. The van der Waals surface area contributed by atoms with Crippen molar-refractivity contribution >= 4 is 53.8 Å². The lowest BCUT2D eigenvalue weighted by Gasteiger charge is -2.33. The zero-order chi connectivity index (χ0) is 18.5. The van der Waals surface area contributed by atoms with E-state index in [1.807, 2.05) is 4.90 Å². The third kappa shape index (κ3) is 6.42. The van der Waals surface area contributed by atoms with Gasteiger partial charge in [-0.2, -0.15) is 0 Å². The topological polar surface area (TPSA) is 118 Å². The first-order valence-electron chi connectivity index (χ1n) is 8.44. The van der Waals surface area contributed by atoms with E-state index in [4.69, 9.17) is 10.3 Å². The van der Waals surface area contributed by atoms with Gasteiger partial charge in [0.2, 0.25) is 5.91 Å². The number of thiazole rings is 1. The normalized spacial score (nSPS) is 14.1. The SMILES string of the molecule is Cc1cc(NC(=O)CN2CCN(C(=O)c3csc(CCN)n3)CC2)no1.Cl.Cl. The molecular formula is C16H24Cl2N6O3S. The van der Waals surface area contributed by atoms with Crippen molar-refractivity contribution in [2.45, 2.75) is 13.3 Å². The zero-order valence-corrected chi connectivity index (χ0v) is 17.9. The average Bonchev–Trinajstić information content (AvgIpc) is 3.24. The summed E-state index contributed by atoms with van der Waals surface area (Å²) in [6.07, 6.45) is 0.686. The molecule has 1 aliphatic heterocycles. The Labute approximate surface area is 179 Å². The number of anilines is 1. The van der Waals surface area contributed by atoms with Gasteiger partial charge in [-0.1, -0.05) is 5.16 Å². The van der Waals surface area contributed by atoms with E-state index in [2.05, 4.69) is 15.5 Å². The van der Waals surface area contributed by atoms with Gasteiger partial charge in [-0.25, -0.2) is 4.98 Å². The Hall–Kier alpha value is -1.72. The molecule has 3 heterocycles. The second-order valence-corrected chi connectivity index (χ2v) is 7.05. The molecule has 9 nitrogen and oxygen atoms in total. The van der Waals surface area contributed by atoms with Crippen LogP contribution in [0, 0.1) is 6.92 Å². The minimum absolute atomic E-state index is 0. The van der Waals surface area contributed by atoms with Crippen LogP contribution in [0.2, 0.25) is 0 Å². The van der Waals surface area contributed by atoms with Crippen LogP contribution in [-0.4, -0.2) is 71.0 Å². The average molecular weight is 451 g/mol. The van der Waals surface area contributed by atoms with Crippen molar-refractivity contribution in [1.29, 1.82) is 0 Å². The summed E-state index contributed by atoms with van der Waals surface area (Å²) in [7, 11) is 0. The molecule has 0 spiro atoms. The number of hydrogen-bond acceptors (Lipinski definition) is 8. The Balaban J connectivity index is 0.00000196. The molecule has 3 N–H and O–H groups in total. The van der Waals surface area contributed by atoms with E-state index in [0.29, 0.717) is 56.4 Å². The van der Waals surface area contributed by atoms with E-state index in [0.717, 1.165) is 5.01 Å². The van der Waals surface area contributed by atoms with Crippen LogP contribution in [0.4, 0.5) is 5.82 Å². The lowest BCUT2D eigenvalue weighted by molar-refractivity contribution is -0.117. The van der Waals surface area contributed by atoms with Crippen molar-refractivity contribution < 1.29 is 14.1 Å². The second kappa shape index (κ2) is 11.3. The van der Waals surface area contributed by atoms with Gasteiger partial charge in [0.05, 0.1) is 11.6 Å². The molecule has 0 radical (unpaired) electrons. The molecule has 3 rings (SSSR count). The summed E-state index contributed by atoms with van der Waals surface area (Å²) in [5.74, 6) is 0.845. The third-order valence-electron chi connectivity index (χ3n) is 4.05. The monoisotopic (exact) mass is 450 g/mol. The van der Waals surface area contributed by atoms with Crippen LogP contribution in [0.25, 0.3) is 0 Å². The smallest absolute Gasteiger partial charge is 0.273 e. The summed E-state index contributed by atoms with van der Waals surface area (Å²) in [6.45, 7) is 4.95. The maximum Gasteiger partial charge on any atom is 0.273 e. The van der Waals surface area contributed by atoms with Gasteiger partial charge in [0, 0.05) is 44.0 Å². The van der Waals surface area contributed by atoms with E-state index >= 15 is 0 Å². The number of carbonyl (C=O) groups excluding carboxylic acids is 2. The number of amides is 2. The molecule has 0 aliphatic carbocycles. The van der Waals surface area contributed by atoms with Crippen LogP contribution >= 0.6 is 36.2 Å². The fourth-order valence-electron chi connectivity index (χ4n) is 2.73. The standard InChI is InChI=1S/C16H22N6O3S.2ClH/c1-11-8-13(20-25-11)19-14(23)9-21-4-6-22(7-5-21)16(24)12-10-26-15(18-12)2-3-17;;/h8,10H,2-7,9,17H2,1H3,(H,19,20,23);2*1H. The Morgan fingerprint density at radius 2 is 2.00 bits per heavy atom. The number of carbonyl (C=O) groups is 2. The highest BCUT2D eigenvalue weighted by Crippen LogP contribution is 2.14. The number of aryl methyl sites for hydroxylation is 1. The Bertz CT molecular complexity index is 776. The van der Waals surface area contributed by atoms with Gasteiger partial charge in [-0.3, -0.25) is 14.5 Å². The molecule has 2 amide bonds. The summed E-state index contributed by atoms with van der Waals surface area (Å²) in [4.78, 5) is 32.7.